The number of rotatable bonds is 5. The molecule has 0 saturated heterocycles. The molecule has 0 saturated carbocycles. The number of anilines is 2. The molecule has 1 amide bonds. The summed E-state index contributed by atoms with van der Waals surface area (Å²) in [6.45, 7) is 2.42. The predicted molar refractivity (Wildman–Crippen MR) is 70.9 cm³/mol. The minimum atomic E-state index is -0.180. The molecule has 0 aliphatic rings. The first-order chi connectivity index (χ1) is 8.04. The van der Waals surface area contributed by atoms with E-state index in [4.69, 9.17) is 16.3 Å². The van der Waals surface area contributed by atoms with Gasteiger partial charge >= 0.3 is 0 Å². The van der Waals surface area contributed by atoms with E-state index in [0.29, 0.717) is 17.3 Å². The molecule has 1 aromatic carbocycles. The van der Waals surface area contributed by atoms with Crippen LogP contribution in [-0.4, -0.2) is 33.2 Å². The molecule has 0 aliphatic carbocycles. The van der Waals surface area contributed by atoms with E-state index >= 15 is 0 Å². The SMILES string of the molecule is CCOCC(=O)Nc1ccc(N(C)C)c(Cl)c1. The molecule has 1 N–H and O–H groups in total. The number of ether oxygens (including phenoxy) is 1. The normalized spacial score (nSPS) is 10.1. The standard InChI is InChI=1S/C12H17ClN2O2/c1-4-17-8-12(16)14-9-5-6-11(15(2)3)10(13)7-9/h5-7H,4,8H2,1-3H3,(H,14,16). The lowest BCUT2D eigenvalue weighted by atomic mass is 10.2. The number of benzene rings is 1. The lowest BCUT2D eigenvalue weighted by Gasteiger charge is -2.15. The first kappa shape index (κ1) is 13.8. The average molecular weight is 257 g/mol. The highest BCUT2D eigenvalue weighted by molar-refractivity contribution is 6.33. The molecule has 0 unspecified atom stereocenters. The molecular weight excluding hydrogens is 240 g/mol. The molecule has 0 radical (unpaired) electrons. The average Bonchev–Trinajstić information content (AvgIpc) is 2.26. The van der Waals surface area contributed by atoms with Gasteiger partial charge in [-0.25, -0.2) is 0 Å². The summed E-state index contributed by atoms with van der Waals surface area (Å²) in [5.41, 5.74) is 1.58. The van der Waals surface area contributed by atoms with Gasteiger partial charge in [0.2, 0.25) is 5.91 Å². The van der Waals surface area contributed by atoms with E-state index in [1.807, 2.05) is 38.1 Å². The van der Waals surface area contributed by atoms with Gasteiger partial charge in [0.25, 0.3) is 0 Å². The summed E-state index contributed by atoms with van der Waals surface area (Å²) in [5, 5.41) is 3.32. The molecule has 0 aromatic heterocycles. The maximum Gasteiger partial charge on any atom is 0.250 e. The summed E-state index contributed by atoms with van der Waals surface area (Å²) in [6.07, 6.45) is 0. The van der Waals surface area contributed by atoms with Crippen molar-refractivity contribution in [3.8, 4) is 0 Å². The lowest BCUT2D eigenvalue weighted by molar-refractivity contribution is -0.120. The second-order valence-electron chi connectivity index (χ2n) is 3.75. The van der Waals surface area contributed by atoms with Crippen LogP contribution in [0.15, 0.2) is 18.2 Å². The van der Waals surface area contributed by atoms with Gasteiger partial charge in [0.05, 0.1) is 10.7 Å². The highest BCUT2D eigenvalue weighted by Gasteiger charge is 2.06. The fourth-order valence-electron chi connectivity index (χ4n) is 1.34. The van der Waals surface area contributed by atoms with Crippen molar-refractivity contribution in [3.63, 3.8) is 0 Å². The zero-order chi connectivity index (χ0) is 12.8. The Morgan fingerprint density at radius 2 is 2.18 bits per heavy atom. The molecule has 0 bridgehead atoms. The molecule has 0 heterocycles. The Hall–Kier alpha value is -1.26. The van der Waals surface area contributed by atoms with Crippen molar-refractivity contribution in [1.82, 2.24) is 0 Å². The quantitative estimate of drug-likeness (QED) is 0.880. The van der Waals surface area contributed by atoms with Crippen molar-refractivity contribution < 1.29 is 9.53 Å². The second-order valence-corrected chi connectivity index (χ2v) is 4.15. The summed E-state index contributed by atoms with van der Waals surface area (Å²) >= 11 is 6.09. The van der Waals surface area contributed by atoms with Crippen molar-refractivity contribution in [2.24, 2.45) is 0 Å². The molecule has 5 heteroatoms. The van der Waals surface area contributed by atoms with E-state index < -0.39 is 0 Å². The number of carbonyl (C=O) groups is 1. The van der Waals surface area contributed by atoms with Crippen LogP contribution in [0, 0.1) is 0 Å². The van der Waals surface area contributed by atoms with E-state index in [0.717, 1.165) is 5.69 Å². The molecule has 4 nitrogen and oxygen atoms in total. The topological polar surface area (TPSA) is 41.6 Å². The number of halogens is 1. The van der Waals surface area contributed by atoms with Gasteiger partial charge in [-0.1, -0.05) is 11.6 Å². The number of nitrogens with zero attached hydrogens (tertiary/aromatic N) is 1. The Balaban J connectivity index is 2.67. The van der Waals surface area contributed by atoms with Crippen molar-refractivity contribution in [2.75, 3.05) is 37.5 Å². The molecular formula is C12H17ClN2O2. The highest BCUT2D eigenvalue weighted by Crippen LogP contribution is 2.27. The Labute approximate surface area is 107 Å². The van der Waals surface area contributed by atoms with Crippen molar-refractivity contribution in [1.29, 1.82) is 0 Å². The largest absolute Gasteiger partial charge is 0.376 e. The third kappa shape index (κ3) is 4.24. The zero-order valence-electron chi connectivity index (χ0n) is 10.3. The van der Waals surface area contributed by atoms with Crippen LogP contribution < -0.4 is 10.2 Å². The van der Waals surface area contributed by atoms with Gasteiger partial charge in [0, 0.05) is 26.4 Å². The third-order valence-corrected chi connectivity index (χ3v) is 2.45. The van der Waals surface area contributed by atoms with E-state index in [2.05, 4.69) is 5.32 Å². The first-order valence-electron chi connectivity index (χ1n) is 5.39. The van der Waals surface area contributed by atoms with Crippen LogP contribution in [0.2, 0.25) is 5.02 Å². The molecule has 1 rings (SSSR count). The van der Waals surface area contributed by atoms with E-state index in [-0.39, 0.29) is 12.5 Å². The summed E-state index contributed by atoms with van der Waals surface area (Å²) in [4.78, 5) is 13.3. The third-order valence-electron chi connectivity index (χ3n) is 2.15. The summed E-state index contributed by atoms with van der Waals surface area (Å²) in [5.74, 6) is -0.180. The molecule has 94 valence electrons. The van der Waals surface area contributed by atoms with Crippen LogP contribution in [0.4, 0.5) is 11.4 Å². The minimum absolute atomic E-state index is 0.0591. The maximum absolute atomic E-state index is 11.4. The molecule has 0 spiro atoms. The number of nitrogens with one attached hydrogen (secondary N) is 1. The summed E-state index contributed by atoms with van der Waals surface area (Å²) in [7, 11) is 3.82. The van der Waals surface area contributed by atoms with E-state index in [1.54, 1.807) is 6.07 Å². The summed E-state index contributed by atoms with van der Waals surface area (Å²) in [6, 6.07) is 5.39. The maximum atomic E-state index is 11.4. The smallest absolute Gasteiger partial charge is 0.250 e. The van der Waals surface area contributed by atoms with Gasteiger partial charge in [-0.3, -0.25) is 4.79 Å². The van der Waals surface area contributed by atoms with Crippen molar-refractivity contribution >= 4 is 28.9 Å². The highest BCUT2D eigenvalue weighted by atomic mass is 35.5. The minimum Gasteiger partial charge on any atom is -0.376 e. The number of hydrogen-bond acceptors (Lipinski definition) is 3. The first-order valence-corrected chi connectivity index (χ1v) is 5.77. The molecule has 0 atom stereocenters. The van der Waals surface area contributed by atoms with Crippen LogP contribution in [0.25, 0.3) is 0 Å². The van der Waals surface area contributed by atoms with Gasteiger partial charge in [-0.2, -0.15) is 0 Å². The van der Waals surface area contributed by atoms with Crippen LogP contribution in [-0.2, 0) is 9.53 Å². The Kier molecular flexibility index (Phi) is 5.25. The fraction of sp³-hybridized carbons (Fsp3) is 0.417. The van der Waals surface area contributed by atoms with Crippen LogP contribution >= 0.6 is 11.6 Å². The Bertz CT molecular complexity index is 394. The van der Waals surface area contributed by atoms with Crippen LogP contribution in [0.1, 0.15) is 6.92 Å². The number of hydrogen-bond donors (Lipinski definition) is 1. The zero-order valence-corrected chi connectivity index (χ0v) is 11.0. The summed E-state index contributed by atoms with van der Waals surface area (Å²) < 4.78 is 5.01. The lowest BCUT2D eigenvalue weighted by Crippen LogP contribution is -2.18. The van der Waals surface area contributed by atoms with Gasteiger partial charge in [-0.05, 0) is 25.1 Å². The number of amides is 1. The Morgan fingerprint density at radius 1 is 1.47 bits per heavy atom. The molecule has 0 aliphatic heterocycles. The van der Waals surface area contributed by atoms with Gasteiger partial charge < -0.3 is 15.0 Å². The van der Waals surface area contributed by atoms with Gasteiger partial charge in [-0.15, -0.1) is 0 Å². The van der Waals surface area contributed by atoms with Gasteiger partial charge in [0.1, 0.15) is 6.61 Å². The molecule has 0 fully saturated rings. The molecule has 17 heavy (non-hydrogen) atoms. The van der Waals surface area contributed by atoms with Crippen LogP contribution in [0.3, 0.4) is 0 Å². The Morgan fingerprint density at radius 3 is 2.71 bits per heavy atom. The van der Waals surface area contributed by atoms with E-state index in [1.165, 1.54) is 0 Å². The fourth-order valence-corrected chi connectivity index (χ4v) is 1.69. The van der Waals surface area contributed by atoms with Crippen LogP contribution in [0.5, 0.6) is 0 Å². The van der Waals surface area contributed by atoms with Crippen molar-refractivity contribution in [2.45, 2.75) is 6.92 Å². The second kappa shape index (κ2) is 6.47. The van der Waals surface area contributed by atoms with Crippen molar-refractivity contribution in [3.05, 3.63) is 23.2 Å². The molecule has 1 aromatic rings. The van der Waals surface area contributed by atoms with Gasteiger partial charge in [0.15, 0.2) is 0 Å². The predicted octanol–water partition coefficient (Wildman–Crippen LogP) is 2.38. The monoisotopic (exact) mass is 256 g/mol. The van der Waals surface area contributed by atoms with E-state index in [9.17, 15) is 4.79 Å². The number of carbonyl (C=O) groups excluding carboxylic acids is 1.